The van der Waals surface area contributed by atoms with Crippen molar-refractivity contribution in [1.29, 1.82) is 0 Å². The van der Waals surface area contributed by atoms with Gasteiger partial charge in [-0.25, -0.2) is 0 Å². The SMILES string of the molecule is COC(=O)CCc1ccc(COc2cc(C)ccc2Cl)cc1C(=O)NC(CC(C)C)c1cc(OC)c2c(c1)OCO2. The number of halogens is 1. The molecule has 3 aromatic rings. The van der Waals surface area contributed by atoms with Gasteiger partial charge >= 0.3 is 5.97 Å². The molecule has 218 valence electrons. The molecule has 9 heteroatoms. The van der Waals surface area contributed by atoms with Crippen LogP contribution in [0.4, 0.5) is 0 Å². The van der Waals surface area contributed by atoms with Crippen molar-refractivity contribution in [2.75, 3.05) is 21.0 Å². The van der Waals surface area contributed by atoms with E-state index in [0.717, 1.165) is 22.3 Å². The van der Waals surface area contributed by atoms with Crippen molar-refractivity contribution in [3.8, 4) is 23.0 Å². The molecule has 1 heterocycles. The second kappa shape index (κ2) is 13.6. The summed E-state index contributed by atoms with van der Waals surface area (Å²) < 4.78 is 27.5. The molecule has 0 fully saturated rings. The Morgan fingerprint density at radius 1 is 1.02 bits per heavy atom. The number of aryl methyl sites for hydroxylation is 2. The van der Waals surface area contributed by atoms with Gasteiger partial charge in [-0.3, -0.25) is 9.59 Å². The number of hydrogen-bond donors (Lipinski definition) is 1. The van der Waals surface area contributed by atoms with Gasteiger partial charge in [0.05, 0.1) is 25.3 Å². The molecule has 0 spiro atoms. The minimum absolute atomic E-state index is 0.114. The number of ether oxygens (including phenoxy) is 5. The van der Waals surface area contributed by atoms with Crippen molar-refractivity contribution in [2.24, 2.45) is 5.92 Å². The molecule has 1 aliphatic rings. The Balaban J connectivity index is 1.63. The van der Waals surface area contributed by atoms with E-state index in [4.69, 9.17) is 35.3 Å². The third kappa shape index (κ3) is 7.64. The standard InChI is InChI=1S/C32H36ClNO7/c1-19(2)12-26(23-15-28(37-4)31-29(16-23)40-18-41-31)34-32(36)24-14-21(7-8-22(24)9-11-30(35)38-5)17-39-27-13-20(3)6-10-25(27)33/h6-8,10,13-16,19,26H,9,11-12,17-18H2,1-5H3,(H,34,36). The predicted molar refractivity (Wildman–Crippen MR) is 156 cm³/mol. The third-order valence-electron chi connectivity index (χ3n) is 6.82. The molecule has 0 aliphatic carbocycles. The maximum atomic E-state index is 13.9. The smallest absolute Gasteiger partial charge is 0.305 e. The van der Waals surface area contributed by atoms with Crippen LogP contribution in [0.5, 0.6) is 23.0 Å². The fourth-order valence-electron chi connectivity index (χ4n) is 4.70. The van der Waals surface area contributed by atoms with E-state index >= 15 is 0 Å². The van der Waals surface area contributed by atoms with E-state index in [1.807, 2.05) is 43.3 Å². The van der Waals surface area contributed by atoms with E-state index in [0.29, 0.717) is 46.4 Å². The first-order chi connectivity index (χ1) is 19.7. The number of methoxy groups -OCH3 is 2. The number of carbonyl (C=O) groups is 2. The van der Waals surface area contributed by atoms with Gasteiger partial charge in [0.25, 0.3) is 5.91 Å². The zero-order valence-corrected chi connectivity index (χ0v) is 24.8. The Morgan fingerprint density at radius 2 is 1.83 bits per heavy atom. The third-order valence-corrected chi connectivity index (χ3v) is 7.13. The zero-order chi connectivity index (χ0) is 29.5. The van der Waals surface area contributed by atoms with Gasteiger partial charge in [0.15, 0.2) is 11.5 Å². The lowest BCUT2D eigenvalue weighted by atomic mass is 9.94. The van der Waals surface area contributed by atoms with Crippen LogP contribution in [0.1, 0.15) is 65.3 Å². The molecular formula is C32H36ClNO7. The van der Waals surface area contributed by atoms with E-state index in [9.17, 15) is 9.59 Å². The highest BCUT2D eigenvalue weighted by molar-refractivity contribution is 6.32. The summed E-state index contributed by atoms with van der Waals surface area (Å²) in [5.74, 6) is 1.93. The van der Waals surface area contributed by atoms with E-state index < -0.39 is 0 Å². The summed E-state index contributed by atoms with van der Waals surface area (Å²) in [5, 5.41) is 3.73. The van der Waals surface area contributed by atoms with Gasteiger partial charge in [-0.05, 0) is 78.3 Å². The van der Waals surface area contributed by atoms with Gasteiger partial charge in [0.2, 0.25) is 12.5 Å². The van der Waals surface area contributed by atoms with Gasteiger partial charge in [0.1, 0.15) is 12.4 Å². The average Bonchev–Trinajstić information content (AvgIpc) is 3.44. The van der Waals surface area contributed by atoms with Gasteiger partial charge < -0.3 is 29.0 Å². The monoisotopic (exact) mass is 581 g/mol. The lowest BCUT2D eigenvalue weighted by Gasteiger charge is -2.23. The Morgan fingerprint density at radius 3 is 2.56 bits per heavy atom. The minimum Gasteiger partial charge on any atom is -0.493 e. The first-order valence-corrected chi connectivity index (χ1v) is 13.9. The predicted octanol–water partition coefficient (Wildman–Crippen LogP) is 6.59. The fourth-order valence-corrected chi connectivity index (χ4v) is 4.87. The average molecular weight is 582 g/mol. The first kappa shape index (κ1) is 30.1. The summed E-state index contributed by atoms with van der Waals surface area (Å²) in [6.07, 6.45) is 1.19. The van der Waals surface area contributed by atoms with Crippen LogP contribution in [-0.2, 0) is 22.6 Å². The Kier molecular flexibility index (Phi) is 10.00. The Bertz CT molecular complexity index is 1410. The van der Waals surface area contributed by atoms with Crippen molar-refractivity contribution in [3.63, 3.8) is 0 Å². The van der Waals surface area contributed by atoms with Crippen LogP contribution in [0.15, 0.2) is 48.5 Å². The number of esters is 1. The maximum Gasteiger partial charge on any atom is 0.305 e. The normalized spacial score (nSPS) is 12.7. The molecular weight excluding hydrogens is 546 g/mol. The molecule has 1 unspecified atom stereocenters. The maximum absolute atomic E-state index is 13.9. The van der Waals surface area contributed by atoms with Crippen LogP contribution >= 0.6 is 11.6 Å². The topological polar surface area (TPSA) is 92.3 Å². The molecule has 0 bridgehead atoms. The summed E-state index contributed by atoms with van der Waals surface area (Å²) in [5.41, 5.74) is 3.86. The lowest BCUT2D eigenvalue weighted by molar-refractivity contribution is -0.140. The van der Waals surface area contributed by atoms with E-state index in [2.05, 4.69) is 19.2 Å². The van der Waals surface area contributed by atoms with E-state index in [-0.39, 0.29) is 43.7 Å². The molecule has 1 N–H and O–H groups in total. The summed E-state index contributed by atoms with van der Waals surface area (Å²) >= 11 is 6.31. The van der Waals surface area contributed by atoms with Crippen LogP contribution in [-0.4, -0.2) is 32.9 Å². The largest absolute Gasteiger partial charge is 0.493 e. The quantitative estimate of drug-likeness (QED) is 0.241. The van der Waals surface area contributed by atoms with Crippen LogP contribution in [0.2, 0.25) is 5.02 Å². The number of amides is 1. The Labute approximate surface area is 245 Å². The lowest BCUT2D eigenvalue weighted by Crippen LogP contribution is -2.30. The molecule has 0 radical (unpaired) electrons. The number of rotatable bonds is 12. The highest BCUT2D eigenvalue weighted by atomic mass is 35.5. The molecule has 4 rings (SSSR count). The molecule has 41 heavy (non-hydrogen) atoms. The second-order valence-electron chi connectivity index (χ2n) is 10.4. The molecule has 8 nitrogen and oxygen atoms in total. The van der Waals surface area contributed by atoms with Crippen LogP contribution in [0, 0.1) is 12.8 Å². The van der Waals surface area contributed by atoms with Gasteiger partial charge in [-0.15, -0.1) is 0 Å². The van der Waals surface area contributed by atoms with Crippen molar-refractivity contribution >= 4 is 23.5 Å². The first-order valence-electron chi connectivity index (χ1n) is 13.5. The zero-order valence-electron chi connectivity index (χ0n) is 24.0. The summed E-state index contributed by atoms with van der Waals surface area (Å²) in [6, 6.07) is 14.6. The van der Waals surface area contributed by atoms with E-state index in [1.165, 1.54) is 7.11 Å². The van der Waals surface area contributed by atoms with Crippen molar-refractivity contribution in [2.45, 2.75) is 52.7 Å². The summed E-state index contributed by atoms with van der Waals surface area (Å²) in [6.45, 7) is 6.49. The Hall–Kier alpha value is -3.91. The molecule has 0 saturated heterocycles. The molecule has 1 atom stereocenters. The molecule has 1 amide bonds. The molecule has 0 saturated carbocycles. The van der Waals surface area contributed by atoms with Crippen molar-refractivity contribution < 1.29 is 33.3 Å². The van der Waals surface area contributed by atoms with Crippen LogP contribution < -0.4 is 24.3 Å². The second-order valence-corrected chi connectivity index (χ2v) is 10.8. The van der Waals surface area contributed by atoms with Crippen molar-refractivity contribution in [1.82, 2.24) is 5.32 Å². The summed E-state index contributed by atoms with van der Waals surface area (Å²) in [7, 11) is 2.92. The molecule has 0 aromatic heterocycles. The van der Waals surface area contributed by atoms with Crippen LogP contribution in [0.25, 0.3) is 0 Å². The van der Waals surface area contributed by atoms with Crippen molar-refractivity contribution in [3.05, 3.63) is 81.4 Å². The highest BCUT2D eigenvalue weighted by Gasteiger charge is 2.26. The molecule has 1 aliphatic heterocycles. The number of benzene rings is 3. The number of fused-ring (bicyclic) bond motifs is 1. The number of carbonyl (C=O) groups excluding carboxylic acids is 2. The summed E-state index contributed by atoms with van der Waals surface area (Å²) in [4.78, 5) is 25.8. The van der Waals surface area contributed by atoms with Gasteiger partial charge in [-0.2, -0.15) is 0 Å². The molecule has 3 aromatic carbocycles. The van der Waals surface area contributed by atoms with E-state index in [1.54, 1.807) is 19.2 Å². The fraction of sp³-hybridized carbons (Fsp3) is 0.375. The van der Waals surface area contributed by atoms with Gasteiger partial charge in [-0.1, -0.05) is 43.6 Å². The van der Waals surface area contributed by atoms with Gasteiger partial charge in [0, 0.05) is 12.0 Å². The van der Waals surface area contributed by atoms with Crippen LogP contribution in [0.3, 0.4) is 0 Å². The minimum atomic E-state index is -0.344. The highest BCUT2D eigenvalue weighted by Crippen LogP contribution is 2.43. The number of nitrogens with one attached hydrogen (secondary N) is 1. The number of hydrogen-bond acceptors (Lipinski definition) is 7.